The third kappa shape index (κ3) is 4.18. The van der Waals surface area contributed by atoms with Gasteiger partial charge in [0, 0.05) is 36.2 Å². The average molecular weight is 356 g/mol. The highest BCUT2D eigenvalue weighted by Crippen LogP contribution is 2.19. The molecule has 1 aromatic carbocycles. The lowest BCUT2D eigenvalue weighted by Gasteiger charge is -2.17. The van der Waals surface area contributed by atoms with Crippen molar-refractivity contribution >= 4 is 44.9 Å². The zero-order valence-electron chi connectivity index (χ0n) is 11.4. The number of carbonyl (C=O) groups is 1. The molecule has 20 heavy (non-hydrogen) atoms. The number of aryl methyl sites for hydroxylation is 1. The van der Waals surface area contributed by atoms with Crippen LogP contribution in [0.1, 0.15) is 18.4 Å². The molecule has 0 spiro atoms. The Labute approximate surface area is 133 Å². The van der Waals surface area contributed by atoms with E-state index in [-0.39, 0.29) is 5.91 Å². The SMILES string of the molecule is Cc1cc(NC(=S)NCCN2CCCC2=O)ccc1Br. The summed E-state index contributed by atoms with van der Waals surface area (Å²) in [4.78, 5) is 13.3. The van der Waals surface area contributed by atoms with E-state index in [4.69, 9.17) is 12.2 Å². The van der Waals surface area contributed by atoms with E-state index in [1.54, 1.807) is 0 Å². The van der Waals surface area contributed by atoms with Gasteiger partial charge in [0.2, 0.25) is 5.91 Å². The number of likely N-dealkylation sites (tertiary alicyclic amines) is 1. The van der Waals surface area contributed by atoms with E-state index in [0.29, 0.717) is 24.6 Å². The predicted octanol–water partition coefficient (Wildman–Crippen LogP) is 2.67. The van der Waals surface area contributed by atoms with Crippen molar-refractivity contribution in [3.05, 3.63) is 28.2 Å². The smallest absolute Gasteiger partial charge is 0.222 e. The number of halogens is 1. The van der Waals surface area contributed by atoms with Crippen LogP contribution in [0.2, 0.25) is 0 Å². The Hall–Kier alpha value is -1.14. The number of anilines is 1. The van der Waals surface area contributed by atoms with Crippen LogP contribution < -0.4 is 10.6 Å². The molecule has 0 saturated carbocycles. The van der Waals surface area contributed by atoms with Gasteiger partial charge in [0.05, 0.1) is 0 Å². The van der Waals surface area contributed by atoms with Crippen LogP contribution in [0.5, 0.6) is 0 Å². The Balaban J connectivity index is 1.75. The van der Waals surface area contributed by atoms with Crippen molar-refractivity contribution in [3.8, 4) is 0 Å². The van der Waals surface area contributed by atoms with Crippen LogP contribution >= 0.6 is 28.1 Å². The standard InChI is InChI=1S/C14H18BrN3OS/c1-10-9-11(4-5-12(10)15)17-14(20)16-6-8-18-7-2-3-13(18)19/h4-5,9H,2-3,6-8H2,1H3,(H2,16,17,20). The molecule has 0 bridgehead atoms. The zero-order chi connectivity index (χ0) is 14.5. The quantitative estimate of drug-likeness (QED) is 0.815. The minimum Gasteiger partial charge on any atom is -0.361 e. The van der Waals surface area contributed by atoms with E-state index in [1.165, 1.54) is 0 Å². The van der Waals surface area contributed by atoms with E-state index < -0.39 is 0 Å². The third-order valence-electron chi connectivity index (χ3n) is 3.25. The lowest BCUT2D eigenvalue weighted by molar-refractivity contribution is -0.127. The van der Waals surface area contributed by atoms with Crippen molar-refractivity contribution < 1.29 is 4.79 Å². The molecule has 2 N–H and O–H groups in total. The molecule has 0 aliphatic carbocycles. The molecule has 108 valence electrons. The molecule has 1 saturated heterocycles. The Bertz CT molecular complexity index is 521. The maximum atomic E-state index is 11.5. The van der Waals surface area contributed by atoms with Crippen LogP contribution in [0.15, 0.2) is 22.7 Å². The number of thiocarbonyl (C=S) groups is 1. The van der Waals surface area contributed by atoms with Gasteiger partial charge in [-0.1, -0.05) is 15.9 Å². The Kier molecular flexibility index (Phi) is 5.37. The molecule has 0 radical (unpaired) electrons. The highest BCUT2D eigenvalue weighted by Gasteiger charge is 2.19. The molecule has 1 aromatic rings. The van der Waals surface area contributed by atoms with Gasteiger partial charge in [0.1, 0.15) is 0 Å². The first-order valence-electron chi connectivity index (χ1n) is 6.65. The minimum atomic E-state index is 0.245. The van der Waals surface area contributed by atoms with E-state index in [2.05, 4.69) is 26.6 Å². The van der Waals surface area contributed by atoms with Crippen molar-refractivity contribution in [1.82, 2.24) is 10.2 Å². The highest BCUT2D eigenvalue weighted by molar-refractivity contribution is 9.10. The second-order valence-electron chi connectivity index (χ2n) is 4.83. The first kappa shape index (κ1) is 15.3. The molecule has 1 fully saturated rings. The maximum Gasteiger partial charge on any atom is 0.222 e. The Morgan fingerprint density at radius 1 is 1.50 bits per heavy atom. The highest BCUT2D eigenvalue weighted by atomic mass is 79.9. The normalized spacial score (nSPS) is 14.5. The van der Waals surface area contributed by atoms with Crippen LogP contribution in [0.3, 0.4) is 0 Å². The van der Waals surface area contributed by atoms with Crippen molar-refractivity contribution in [2.45, 2.75) is 19.8 Å². The second-order valence-corrected chi connectivity index (χ2v) is 6.09. The number of nitrogens with zero attached hydrogens (tertiary/aromatic N) is 1. The summed E-state index contributed by atoms with van der Waals surface area (Å²) in [6.07, 6.45) is 1.65. The van der Waals surface area contributed by atoms with E-state index in [9.17, 15) is 4.79 Å². The summed E-state index contributed by atoms with van der Waals surface area (Å²) in [6, 6.07) is 5.99. The maximum absolute atomic E-state index is 11.5. The summed E-state index contributed by atoms with van der Waals surface area (Å²) < 4.78 is 1.08. The topological polar surface area (TPSA) is 44.4 Å². The number of carbonyl (C=O) groups excluding carboxylic acids is 1. The summed E-state index contributed by atoms with van der Waals surface area (Å²) >= 11 is 8.71. The first-order chi connectivity index (χ1) is 9.56. The Morgan fingerprint density at radius 3 is 2.95 bits per heavy atom. The van der Waals surface area contributed by atoms with Gasteiger partial charge in [-0.3, -0.25) is 4.79 Å². The van der Waals surface area contributed by atoms with Gasteiger partial charge in [0.25, 0.3) is 0 Å². The third-order valence-corrected chi connectivity index (χ3v) is 4.39. The summed E-state index contributed by atoms with van der Waals surface area (Å²) in [5, 5.41) is 6.85. The van der Waals surface area contributed by atoms with Crippen LogP contribution in [-0.4, -0.2) is 35.6 Å². The first-order valence-corrected chi connectivity index (χ1v) is 7.85. The fourth-order valence-corrected chi connectivity index (χ4v) is 2.61. The predicted molar refractivity (Wildman–Crippen MR) is 88.9 cm³/mol. The monoisotopic (exact) mass is 355 g/mol. The molecule has 0 aromatic heterocycles. The van der Waals surface area contributed by atoms with Crippen LogP contribution in [0.4, 0.5) is 5.69 Å². The molecular formula is C14H18BrN3OS. The average Bonchev–Trinajstić information content (AvgIpc) is 2.80. The Morgan fingerprint density at radius 2 is 2.30 bits per heavy atom. The fourth-order valence-electron chi connectivity index (χ4n) is 2.14. The molecule has 1 aliphatic rings. The molecule has 0 unspecified atom stereocenters. The number of nitrogens with one attached hydrogen (secondary N) is 2. The molecule has 1 aliphatic heterocycles. The van der Waals surface area contributed by atoms with Gasteiger partial charge in [0.15, 0.2) is 5.11 Å². The van der Waals surface area contributed by atoms with Crippen molar-refractivity contribution in [3.63, 3.8) is 0 Å². The number of rotatable bonds is 4. The van der Waals surface area contributed by atoms with Crippen molar-refractivity contribution in [1.29, 1.82) is 0 Å². The minimum absolute atomic E-state index is 0.245. The van der Waals surface area contributed by atoms with Crippen LogP contribution in [0.25, 0.3) is 0 Å². The number of hydrogen-bond acceptors (Lipinski definition) is 2. The summed E-state index contributed by atoms with van der Waals surface area (Å²) in [5.74, 6) is 0.245. The largest absolute Gasteiger partial charge is 0.361 e. The molecule has 0 atom stereocenters. The number of benzene rings is 1. The van der Waals surface area contributed by atoms with Gasteiger partial charge >= 0.3 is 0 Å². The number of amides is 1. The van der Waals surface area contributed by atoms with Gasteiger partial charge in [-0.05, 0) is 49.3 Å². The molecule has 6 heteroatoms. The fraction of sp³-hybridized carbons (Fsp3) is 0.429. The van der Waals surface area contributed by atoms with Crippen LogP contribution in [0, 0.1) is 6.92 Å². The summed E-state index contributed by atoms with van der Waals surface area (Å²) in [6.45, 7) is 4.28. The molecule has 2 rings (SSSR count). The summed E-state index contributed by atoms with van der Waals surface area (Å²) in [5.41, 5.74) is 2.11. The van der Waals surface area contributed by atoms with E-state index >= 15 is 0 Å². The summed E-state index contributed by atoms with van der Waals surface area (Å²) in [7, 11) is 0. The molecule has 1 heterocycles. The van der Waals surface area contributed by atoms with Crippen molar-refractivity contribution in [2.75, 3.05) is 25.0 Å². The van der Waals surface area contributed by atoms with Gasteiger partial charge in [-0.15, -0.1) is 0 Å². The second kappa shape index (κ2) is 7.04. The lowest BCUT2D eigenvalue weighted by Crippen LogP contribution is -2.37. The zero-order valence-corrected chi connectivity index (χ0v) is 13.8. The lowest BCUT2D eigenvalue weighted by atomic mass is 10.2. The molecular weight excluding hydrogens is 338 g/mol. The van der Waals surface area contributed by atoms with Gasteiger partial charge < -0.3 is 15.5 Å². The van der Waals surface area contributed by atoms with E-state index in [0.717, 1.165) is 28.7 Å². The number of hydrogen-bond donors (Lipinski definition) is 2. The van der Waals surface area contributed by atoms with Crippen molar-refractivity contribution in [2.24, 2.45) is 0 Å². The van der Waals surface area contributed by atoms with Gasteiger partial charge in [-0.25, -0.2) is 0 Å². The molecule has 1 amide bonds. The van der Waals surface area contributed by atoms with Gasteiger partial charge in [-0.2, -0.15) is 0 Å². The molecule has 4 nitrogen and oxygen atoms in total. The van der Waals surface area contributed by atoms with Crippen LogP contribution in [-0.2, 0) is 4.79 Å². The van der Waals surface area contributed by atoms with E-state index in [1.807, 2.05) is 30.0 Å².